The summed E-state index contributed by atoms with van der Waals surface area (Å²) in [5, 5.41) is 8.45. The molecule has 0 aliphatic carbocycles. The van der Waals surface area contributed by atoms with Crippen molar-refractivity contribution in [2.45, 2.75) is 32.6 Å². The van der Waals surface area contributed by atoms with Crippen molar-refractivity contribution in [2.24, 2.45) is 0 Å². The predicted molar refractivity (Wildman–Crippen MR) is 59.6 cm³/mol. The molecule has 0 spiro atoms. The van der Waals surface area contributed by atoms with E-state index in [4.69, 9.17) is 5.11 Å². The molecule has 0 amide bonds. The number of carboxylic acid groups (broad SMARTS) is 1. The minimum Gasteiger partial charge on any atom is -0.481 e. The molecule has 1 aromatic heterocycles. The molecule has 0 unspecified atom stereocenters. The minimum absolute atomic E-state index is 0.0747. The van der Waals surface area contributed by atoms with E-state index in [0.29, 0.717) is 10.8 Å². The van der Waals surface area contributed by atoms with Gasteiger partial charge in [0.15, 0.2) is 5.78 Å². The van der Waals surface area contributed by atoms with Crippen molar-refractivity contribution in [2.75, 3.05) is 0 Å². The second-order valence-electron chi connectivity index (χ2n) is 3.67. The van der Waals surface area contributed by atoms with Crippen LogP contribution in [0.4, 0.5) is 0 Å². The van der Waals surface area contributed by atoms with Crippen LogP contribution in [0, 0.1) is 0 Å². The van der Waals surface area contributed by atoms with E-state index in [-0.39, 0.29) is 18.6 Å². The lowest BCUT2D eigenvalue weighted by atomic mass is 10.1. The topological polar surface area (TPSA) is 54.4 Å². The van der Waals surface area contributed by atoms with Crippen LogP contribution in [0.2, 0.25) is 0 Å². The Balaban J connectivity index is 2.62. The summed E-state index contributed by atoms with van der Waals surface area (Å²) < 4.78 is 0. The van der Waals surface area contributed by atoms with Crippen LogP contribution >= 0.6 is 11.3 Å². The normalized spacial score (nSPS) is 10.6. The highest BCUT2D eigenvalue weighted by molar-refractivity contribution is 7.14. The number of rotatable bonds is 5. The molecular formula is C11H14O3S. The van der Waals surface area contributed by atoms with Gasteiger partial charge >= 0.3 is 5.97 Å². The summed E-state index contributed by atoms with van der Waals surface area (Å²) >= 11 is 1.46. The molecule has 0 aliphatic heterocycles. The van der Waals surface area contributed by atoms with Gasteiger partial charge in [0.05, 0.1) is 11.3 Å². The standard InChI is InChI=1S/C11H14O3S/c1-7(2)9-4-5-10(15-9)8(12)3-6-11(13)14/h4-5,7H,3,6H2,1-2H3,(H,13,14). The van der Waals surface area contributed by atoms with Crippen LogP contribution in [-0.4, -0.2) is 16.9 Å². The minimum atomic E-state index is -0.927. The molecule has 1 rings (SSSR count). The van der Waals surface area contributed by atoms with Gasteiger partial charge in [-0.2, -0.15) is 0 Å². The smallest absolute Gasteiger partial charge is 0.303 e. The Bertz CT molecular complexity index is 366. The number of hydrogen-bond acceptors (Lipinski definition) is 3. The van der Waals surface area contributed by atoms with Crippen LogP contribution in [-0.2, 0) is 4.79 Å². The van der Waals surface area contributed by atoms with Gasteiger partial charge in [0, 0.05) is 11.3 Å². The largest absolute Gasteiger partial charge is 0.481 e. The quantitative estimate of drug-likeness (QED) is 0.785. The molecule has 1 aromatic rings. The lowest BCUT2D eigenvalue weighted by molar-refractivity contribution is -0.136. The van der Waals surface area contributed by atoms with E-state index in [1.165, 1.54) is 11.3 Å². The molecule has 0 saturated carbocycles. The van der Waals surface area contributed by atoms with E-state index >= 15 is 0 Å². The number of hydrogen-bond donors (Lipinski definition) is 1. The van der Waals surface area contributed by atoms with Gasteiger partial charge in [-0.3, -0.25) is 9.59 Å². The SMILES string of the molecule is CC(C)c1ccc(C(=O)CCC(=O)O)s1. The molecule has 0 aliphatic rings. The number of Topliss-reactive ketones (excluding diaryl/α,β-unsaturated/α-hetero) is 1. The zero-order valence-electron chi connectivity index (χ0n) is 8.82. The molecule has 15 heavy (non-hydrogen) atoms. The Morgan fingerprint density at radius 2 is 2.00 bits per heavy atom. The van der Waals surface area contributed by atoms with E-state index in [1.807, 2.05) is 6.07 Å². The summed E-state index contributed by atoms with van der Waals surface area (Å²) in [6, 6.07) is 3.72. The summed E-state index contributed by atoms with van der Waals surface area (Å²) in [7, 11) is 0. The van der Waals surface area contributed by atoms with Gasteiger partial charge in [-0.1, -0.05) is 13.8 Å². The third kappa shape index (κ3) is 3.47. The fraction of sp³-hybridized carbons (Fsp3) is 0.455. The average molecular weight is 226 g/mol. The number of carbonyl (C=O) groups excluding carboxylic acids is 1. The zero-order valence-corrected chi connectivity index (χ0v) is 9.63. The number of ketones is 1. The maximum absolute atomic E-state index is 11.5. The maximum atomic E-state index is 11.5. The van der Waals surface area contributed by atoms with Gasteiger partial charge in [0.25, 0.3) is 0 Å². The second kappa shape index (κ2) is 5.07. The molecule has 0 bridgehead atoms. The highest BCUT2D eigenvalue weighted by Gasteiger charge is 2.12. The number of thiophene rings is 1. The lowest BCUT2D eigenvalue weighted by Crippen LogP contribution is -2.01. The second-order valence-corrected chi connectivity index (χ2v) is 4.79. The Hall–Kier alpha value is -1.16. The van der Waals surface area contributed by atoms with Gasteiger partial charge in [0.1, 0.15) is 0 Å². The first-order valence-electron chi connectivity index (χ1n) is 4.85. The van der Waals surface area contributed by atoms with E-state index in [0.717, 1.165) is 4.88 Å². The lowest BCUT2D eigenvalue weighted by Gasteiger charge is -1.98. The number of carbonyl (C=O) groups is 2. The molecule has 0 atom stereocenters. The molecule has 1 N–H and O–H groups in total. The number of carboxylic acids is 1. The molecule has 82 valence electrons. The molecule has 4 heteroatoms. The van der Waals surface area contributed by atoms with Crippen molar-refractivity contribution in [3.05, 3.63) is 21.9 Å². The average Bonchev–Trinajstić information content (AvgIpc) is 2.62. The summed E-state index contributed by atoms with van der Waals surface area (Å²) in [5.41, 5.74) is 0. The van der Waals surface area contributed by atoms with Crippen molar-refractivity contribution < 1.29 is 14.7 Å². The van der Waals surface area contributed by atoms with Crippen LogP contribution in [0.15, 0.2) is 12.1 Å². The van der Waals surface area contributed by atoms with Crippen molar-refractivity contribution in [1.82, 2.24) is 0 Å². The van der Waals surface area contributed by atoms with E-state index in [1.54, 1.807) is 6.07 Å². The molecule has 0 aromatic carbocycles. The van der Waals surface area contributed by atoms with Crippen molar-refractivity contribution in [3.63, 3.8) is 0 Å². The summed E-state index contributed by atoms with van der Waals surface area (Å²) in [5.74, 6) is -0.589. The Morgan fingerprint density at radius 3 is 2.47 bits per heavy atom. The summed E-state index contributed by atoms with van der Waals surface area (Å²) in [6.07, 6.45) is 0.00112. The fourth-order valence-electron chi connectivity index (χ4n) is 1.16. The Morgan fingerprint density at radius 1 is 1.33 bits per heavy atom. The Kier molecular flexibility index (Phi) is 4.03. The molecular weight excluding hydrogens is 212 g/mol. The molecule has 0 fully saturated rings. The van der Waals surface area contributed by atoms with Gasteiger partial charge in [-0.05, 0) is 18.1 Å². The summed E-state index contributed by atoms with van der Waals surface area (Å²) in [4.78, 5) is 23.7. The molecule has 1 heterocycles. The first-order valence-corrected chi connectivity index (χ1v) is 5.67. The van der Waals surface area contributed by atoms with E-state index < -0.39 is 5.97 Å². The van der Waals surface area contributed by atoms with Crippen LogP contribution in [0.1, 0.15) is 47.2 Å². The third-order valence-corrected chi connectivity index (χ3v) is 3.46. The fourth-order valence-corrected chi connectivity index (χ4v) is 2.13. The molecule has 3 nitrogen and oxygen atoms in total. The van der Waals surface area contributed by atoms with Gasteiger partial charge in [-0.25, -0.2) is 0 Å². The maximum Gasteiger partial charge on any atom is 0.303 e. The van der Waals surface area contributed by atoms with Crippen LogP contribution in [0.5, 0.6) is 0 Å². The first-order chi connectivity index (χ1) is 7.00. The van der Waals surface area contributed by atoms with Crippen LogP contribution in [0.3, 0.4) is 0 Å². The number of aliphatic carboxylic acids is 1. The predicted octanol–water partition coefficient (Wildman–Crippen LogP) is 2.92. The van der Waals surface area contributed by atoms with Gasteiger partial charge in [-0.15, -0.1) is 11.3 Å². The molecule has 0 saturated heterocycles. The monoisotopic (exact) mass is 226 g/mol. The summed E-state index contributed by atoms with van der Waals surface area (Å²) in [6.45, 7) is 4.13. The van der Waals surface area contributed by atoms with E-state index in [2.05, 4.69) is 13.8 Å². The van der Waals surface area contributed by atoms with Gasteiger partial charge in [0.2, 0.25) is 0 Å². The highest BCUT2D eigenvalue weighted by atomic mass is 32.1. The van der Waals surface area contributed by atoms with Crippen molar-refractivity contribution in [3.8, 4) is 0 Å². The van der Waals surface area contributed by atoms with Crippen molar-refractivity contribution >= 4 is 23.1 Å². The Labute approximate surface area is 92.7 Å². The highest BCUT2D eigenvalue weighted by Crippen LogP contribution is 2.25. The van der Waals surface area contributed by atoms with Crippen LogP contribution in [0.25, 0.3) is 0 Å². The zero-order chi connectivity index (χ0) is 11.4. The first kappa shape index (κ1) is 11.9. The van der Waals surface area contributed by atoms with Crippen molar-refractivity contribution in [1.29, 1.82) is 0 Å². The van der Waals surface area contributed by atoms with E-state index in [9.17, 15) is 9.59 Å². The van der Waals surface area contributed by atoms with Crippen LogP contribution < -0.4 is 0 Å². The molecule has 0 radical (unpaired) electrons. The van der Waals surface area contributed by atoms with Gasteiger partial charge < -0.3 is 5.11 Å². The third-order valence-electron chi connectivity index (χ3n) is 2.04.